The SMILES string of the molecule is CC(Sc1nc2ccccc2c(=O)n1C)C(=O)Nc1ccc(Oc2ccccc2)cc1. The minimum absolute atomic E-state index is 0.130. The number of rotatable bonds is 6. The van der Waals surface area contributed by atoms with E-state index in [0.717, 1.165) is 5.75 Å². The number of benzene rings is 3. The second-order valence-electron chi connectivity index (χ2n) is 6.96. The van der Waals surface area contributed by atoms with E-state index in [4.69, 9.17) is 4.74 Å². The highest BCUT2D eigenvalue weighted by atomic mass is 32.2. The number of thioether (sulfide) groups is 1. The Labute approximate surface area is 183 Å². The molecule has 1 unspecified atom stereocenters. The van der Waals surface area contributed by atoms with Crippen LogP contribution in [-0.4, -0.2) is 20.7 Å². The Balaban J connectivity index is 1.42. The fraction of sp³-hybridized carbons (Fsp3) is 0.125. The number of aromatic nitrogens is 2. The van der Waals surface area contributed by atoms with Gasteiger partial charge in [-0.3, -0.25) is 14.2 Å². The standard InChI is InChI=1S/C24H21N3O3S/c1-16(31-24-26-21-11-7-6-10-20(21)23(29)27(24)2)22(28)25-17-12-14-19(15-13-17)30-18-8-4-3-5-9-18/h3-16H,1-2H3,(H,25,28). The number of para-hydroxylation sites is 2. The van der Waals surface area contributed by atoms with Gasteiger partial charge in [0.25, 0.3) is 5.56 Å². The van der Waals surface area contributed by atoms with Gasteiger partial charge in [0.2, 0.25) is 5.91 Å². The molecule has 4 rings (SSSR count). The van der Waals surface area contributed by atoms with Crippen molar-refractivity contribution >= 4 is 34.3 Å². The normalized spacial score (nSPS) is 11.8. The number of anilines is 1. The van der Waals surface area contributed by atoms with Crippen LogP contribution in [0.1, 0.15) is 6.92 Å². The van der Waals surface area contributed by atoms with E-state index in [1.54, 1.807) is 50.4 Å². The van der Waals surface area contributed by atoms with Gasteiger partial charge in [-0.25, -0.2) is 4.98 Å². The Morgan fingerprint density at radius 1 is 0.968 bits per heavy atom. The number of ether oxygens (including phenoxy) is 1. The summed E-state index contributed by atoms with van der Waals surface area (Å²) in [5, 5.41) is 3.51. The molecule has 7 heteroatoms. The summed E-state index contributed by atoms with van der Waals surface area (Å²) in [5.41, 5.74) is 1.16. The maximum Gasteiger partial charge on any atom is 0.261 e. The van der Waals surface area contributed by atoms with Crippen molar-refractivity contribution < 1.29 is 9.53 Å². The fourth-order valence-corrected chi connectivity index (χ4v) is 3.86. The molecule has 0 spiro atoms. The topological polar surface area (TPSA) is 73.2 Å². The number of hydrogen-bond donors (Lipinski definition) is 1. The van der Waals surface area contributed by atoms with Gasteiger partial charge in [0, 0.05) is 12.7 Å². The van der Waals surface area contributed by atoms with Crippen LogP contribution >= 0.6 is 11.8 Å². The van der Waals surface area contributed by atoms with Crippen molar-refractivity contribution in [2.45, 2.75) is 17.3 Å². The quantitative estimate of drug-likeness (QED) is 0.349. The molecule has 0 saturated heterocycles. The monoisotopic (exact) mass is 431 g/mol. The molecule has 1 heterocycles. The molecule has 0 saturated carbocycles. The van der Waals surface area contributed by atoms with Crippen LogP contribution in [0.15, 0.2) is 88.8 Å². The number of fused-ring (bicyclic) bond motifs is 1. The molecule has 3 aromatic carbocycles. The van der Waals surface area contributed by atoms with Crippen LogP contribution in [0.5, 0.6) is 11.5 Å². The second-order valence-corrected chi connectivity index (χ2v) is 8.27. The van der Waals surface area contributed by atoms with Crippen LogP contribution in [0.2, 0.25) is 0 Å². The first-order valence-corrected chi connectivity index (χ1v) is 10.7. The third-order valence-electron chi connectivity index (χ3n) is 4.69. The molecule has 1 N–H and O–H groups in total. The van der Waals surface area contributed by atoms with Gasteiger partial charge >= 0.3 is 0 Å². The third-order valence-corrected chi connectivity index (χ3v) is 5.84. The molecule has 156 valence electrons. The van der Waals surface area contributed by atoms with E-state index in [-0.39, 0.29) is 11.5 Å². The van der Waals surface area contributed by atoms with Crippen molar-refractivity contribution in [3.05, 3.63) is 89.2 Å². The number of carbonyl (C=O) groups is 1. The molecule has 0 aliphatic rings. The Kier molecular flexibility index (Phi) is 6.04. The fourth-order valence-electron chi connectivity index (χ4n) is 2.99. The van der Waals surface area contributed by atoms with Crippen molar-refractivity contribution in [3.8, 4) is 11.5 Å². The molecule has 0 aliphatic carbocycles. The van der Waals surface area contributed by atoms with Gasteiger partial charge in [0.1, 0.15) is 11.5 Å². The van der Waals surface area contributed by atoms with E-state index >= 15 is 0 Å². The number of hydrogen-bond acceptors (Lipinski definition) is 5. The Hall–Kier alpha value is -3.58. The van der Waals surface area contributed by atoms with Gasteiger partial charge in [-0.05, 0) is 55.5 Å². The molecule has 1 atom stereocenters. The summed E-state index contributed by atoms with van der Waals surface area (Å²) in [6.07, 6.45) is 0. The van der Waals surface area contributed by atoms with Crippen molar-refractivity contribution in [1.82, 2.24) is 9.55 Å². The molecular formula is C24H21N3O3S. The lowest BCUT2D eigenvalue weighted by Crippen LogP contribution is -2.25. The van der Waals surface area contributed by atoms with Gasteiger partial charge in [-0.15, -0.1) is 0 Å². The van der Waals surface area contributed by atoms with Gasteiger partial charge in [-0.2, -0.15) is 0 Å². The van der Waals surface area contributed by atoms with Crippen LogP contribution in [-0.2, 0) is 11.8 Å². The summed E-state index contributed by atoms with van der Waals surface area (Å²) in [7, 11) is 1.67. The zero-order chi connectivity index (χ0) is 21.8. The predicted molar refractivity (Wildman–Crippen MR) is 124 cm³/mol. The van der Waals surface area contributed by atoms with Crippen molar-refractivity contribution in [1.29, 1.82) is 0 Å². The molecule has 0 fully saturated rings. The van der Waals surface area contributed by atoms with Gasteiger partial charge in [0.15, 0.2) is 5.16 Å². The van der Waals surface area contributed by atoms with Gasteiger partial charge in [-0.1, -0.05) is 42.1 Å². The van der Waals surface area contributed by atoms with Crippen molar-refractivity contribution in [2.24, 2.45) is 7.05 Å². The number of nitrogens with one attached hydrogen (secondary N) is 1. The summed E-state index contributed by atoms with van der Waals surface area (Å²) in [6.45, 7) is 1.79. The molecule has 0 bridgehead atoms. The minimum Gasteiger partial charge on any atom is -0.457 e. The average Bonchev–Trinajstić information content (AvgIpc) is 2.79. The second kappa shape index (κ2) is 9.06. The maximum atomic E-state index is 12.7. The van der Waals surface area contributed by atoms with Crippen molar-refractivity contribution in [2.75, 3.05) is 5.32 Å². The van der Waals surface area contributed by atoms with Crippen LogP contribution in [0.25, 0.3) is 10.9 Å². The molecule has 0 radical (unpaired) electrons. The number of carbonyl (C=O) groups excluding carboxylic acids is 1. The van der Waals surface area contributed by atoms with Crippen LogP contribution in [0, 0.1) is 0 Å². The van der Waals surface area contributed by atoms with Crippen LogP contribution < -0.4 is 15.6 Å². The molecule has 31 heavy (non-hydrogen) atoms. The summed E-state index contributed by atoms with van der Waals surface area (Å²) in [5.74, 6) is 1.25. The highest BCUT2D eigenvalue weighted by Gasteiger charge is 2.18. The average molecular weight is 432 g/mol. The lowest BCUT2D eigenvalue weighted by atomic mass is 10.2. The third kappa shape index (κ3) is 4.78. The lowest BCUT2D eigenvalue weighted by Gasteiger charge is -2.14. The number of amides is 1. The van der Waals surface area contributed by atoms with E-state index < -0.39 is 5.25 Å². The first kappa shape index (κ1) is 20.7. The molecule has 1 amide bonds. The van der Waals surface area contributed by atoms with Gasteiger partial charge in [0.05, 0.1) is 16.2 Å². The van der Waals surface area contributed by atoms with E-state index in [1.807, 2.05) is 42.5 Å². The molecular weight excluding hydrogens is 410 g/mol. The molecule has 4 aromatic rings. The smallest absolute Gasteiger partial charge is 0.261 e. The summed E-state index contributed by atoms with van der Waals surface area (Å²) < 4.78 is 7.25. The highest BCUT2D eigenvalue weighted by molar-refractivity contribution is 8.00. The zero-order valence-electron chi connectivity index (χ0n) is 17.1. The Morgan fingerprint density at radius 3 is 2.35 bits per heavy atom. The molecule has 6 nitrogen and oxygen atoms in total. The first-order chi connectivity index (χ1) is 15.0. The first-order valence-electron chi connectivity index (χ1n) is 9.77. The largest absolute Gasteiger partial charge is 0.457 e. The van der Waals surface area contributed by atoms with E-state index in [9.17, 15) is 9.59 Å². The van der Waals surface area contributed by atoms with E-state index in [1.165, 1.54) is 16.3 Å². The van der Waals surface area contributed by atoms with E-state index in [0.29, 0.717) is 27.5 Å². The summed E-state index contributed by atoms with van der Waals surface area (Å²) in [6, 6.07) is 23.9. The predicted octanol–water partition coefficient (Wildman–Crippen LogP) is 4.85. The highest BCUT2D eigenvalue weighted by Crippen LogP contribution is 2.25. The molecule has 1 aromatic heterocycles. The number of nitrogens with zero attached hydrogens (tertiary/aromatic N) is 2. The minimum atomic E-state index is -0.445. The van der Waals surface area contributed by atoms with Gasteiger partial charge < -0.3 is 10.1 Å². The summed E-state index contributed by atoms with van der Waals surface area (Å²) >= 11 is 1.25. The van der Waals surface area contributed by atoms with Crippen molar-refractivity contribution in [3.63, 3.8) is 0 Å². The van der Waals surface area contributed by atoms with E-state index in [2.05, 4.69) is 10.3 Å². The Morgan fingerprint density at radius 2 is 1.61 bits per heavy atom. The summed E-state index contributed by atoms with van der Waals surface area (Å²) in [4.78, 5) is 29.8. The lowest BCUT2D eigenvalue weighted by molar-refractivity contribution is -0.115. The van der Waals surface area contributed by atoms with Crippen LogP contribution in [0.3, 0.4) is 0 Å². The zero-order valence-corrected chi connectivity index (χ0v) is 17.9. The van der Waals surface area contributed by atoms with Crippen LogP contribution in [0.4, 0.5) is 5.69 Å². The maximum absolute atomic E-state index is 12.7. The molecule has 0 aliphatic heterocycles. The Bertz CT molecular complexity index is 1270.